The van der Waals surface area contributed by atoms with Gasteiger partial charge in [0, 0.05) is 22.3 Å². The van der Waals surface area contributed by atoms with E-state index in [9.17, 15) is 62.9 Å². The third-order valence-electron chi connectivity index (χ3n) is 8.09. The van der Waals surface area contributed by atoms with E-state index in [0.29, 0.717) is 24.3 Å². The van der Waals surface area contributed by atoms with Gasteiger partial charge >= 0.3 is 24.7 Å². The summed E-state index contributed by atoms with van der Waals surface area (Å²) >= 11 is 0. The van der Waals surface area contributed by atoms with Gasteiger partial charge in [0.05, 0.1) is 22.3 Å². The molecule has 0 atom stereocenters. The molecule has 258 valence electrons. The molecule has 0 unspecified atom stereocenters. The van der Waals surface area contributed by atoms with E-state index in [1.807, 2.05) is 0 Å². The zero-order chi connectivity index (χ0) is 36.6. The Hall–Kier alpha value is -5.40. The maximum Gasteiger partial charge on any atom is 0.416 e. The number of benzene rings is 6. The molecule has 50 heavy (non-hydrogen) atoms. The number of phenolic OH excluding ortho intramolecular Hbond substituents is 2. The van der Waals surface area contributed by atoms with Crippen LogP contribution in [0.15, 0.2) is 97.1 Å². The van der Waals surface area contributed by atoms with Gasteiger partial charge in [0.15, 0.2) is 0 Å². The van der Waals surface area contributed by atoms with Gasteiger partial charge in [-0.2, -0.15) is 52.7 Å². The van der Waals surface area contributed by atoms with Crippen molar-refractivity contribution in [1.29, 1.82) is 0 Å². The molecule has 0 aliphatic carbocycles. The quantitative estimate of drug-likeness (QED) is 0.180. The predicted molar refractivity (Wildman–Crippen MR) is 161 cm³/mol. The smallest absolute Gasteiger partial charge is 0.416 e. The highest BCUT2D eigenvalue weighted by atomic mass is 19.4. The number of phenols is 2. The third kappa shape index (κ3) is 6.25. The molecule has 0 fully saturated rings. The molecule has 0 aliphatic heterocycles. The summed E-state index contributed by atoms with van der Waals surface area (Å²) in [6, 6.07) is 15.1. The molecule has 0 saturated carbocycles. The number of rotatable bonds is 3. The van der Waals surface area contributed by atoms with E-state index in [-0.39, 0.29) is 44.8 Å². The first-order valence-corrected chi connectivity index (χ1v) is 14.2. The molecule has 0 amide bonds. The van der Waals surface area contributed by atoms with E-state index in [1.165, 1.54) is 48.5 Å². The van der Waals surface area contributed by atoms with Crippen LogP contribution in [-0.2, 0) is 24.7 Å². The van der Waals surface area contributed by atoms with Crippen LogP contribution in [0.4, 0.5) is 52.7 Å². The summed E-state index contributed by atoms with van der Waals surface area (Å²) in [5, 5.41) is 24.0. The van der Waals surface area contributed by atoms with Gasteiger partial charge in [-0.1, -0.05) is 48.5 Å². The average molecular weight is 711 g/mol. The summed E-state index contributed by atoms with van der Waals surface area (Å²) in [5.41, 5.74) is -9.97. The highest BCUT2D eigenvalue weighted by Gasteiger charge is 2.39. The van der Waals surface area contributed by atoms with Gasteiger partial charge in [0.1, 0.15) is 11.5 Å². The second-order valence-electron chi connectivity index (χ2n) is 11.3. The van der Waals surface area contributed by atoms with Crippen LogP contribution < -0.4 is 0 Å². The fourth-order valence-corrected chi connectivity index (χ4v) is 5.84. The number of aromatic hydroxyl groups is 2. The van der Waals surface area contributed by atoms with Crippen LogP contribution >= 0.6 is 0 Å². The Morgan fingerprint density at radius 3 is 0.920 bits per heavy atom. The summed E-state index contributed by atoms with van der Waals surface area (Å²) < 4.78 is 165. The van der Waals surface area contributed by atoms with Gasteiger partial charge in [0.2, 0.25) is 0 Å². The van der Waals surface area contributed by atoms with E-state index in [1.54, 1.807) is 0 Å². The lowest BCUT2D eigenvalue weighted by Crippen LogP contribution is -2.11. The Morgan fingerprint density at radius 1 is 0.360 bits per heavy atom. The largest absolute Gasteiger partial charge is 0.507 e. The summed E-state index contributed by atoms with van der Waals surface area (Å²) in [6.07, 6.45) is -21.0. The lowest BCUT2D eigenvalue weighted by Gasteiger charge is -2.21. The molecule has 2 nitrogen and oxygen atoms in total. The Labute approximate surface area is 273 Å². The van der Waals surface area contributed by atoms with E-state index >= 15 is 0 Å². The van der Waals surface area contributed by atoms with Crippen molar-refractivity contribution in [1.82, 2.24) is 0 Å². The van der Waals surface area contributed by atoms with Crippen molar-refractivity contribution in [3.8, 4) is 44.9 Å². The minimum Gasteiger partial charge on any atom is -0.507 e. The maximum absolute atomic E-state index is 13.8. The first-order valence-electron chi connectivity index (χ1n) is 14.2. The Balaban J connectivity index is 1.74. The minimum atomic E-state index is -5.24. The molecule has 6 aromatic carbocycles. The highest BCUT2D eigenvalue weighted by Crippen LogP contribution is 2.53. The number of hydrogen-bond donors (Lipinski definition) is 2. The summed E-state index contributed by atoms with van der Waals surface area (Å²) in [5.74, 6) is -1.84. The molecule has 0 spiro atoms. The molecular weight excluding hydrogens is 692 g/mol. The van der Waals surface area contributed by atoms with Crippen molar-refractivity contribution >= 4 is 21.5 Å². The monoisotopic (exact) mass is 710 g/mol. The molecule has 14 heteroatoms. The van der Waals surface area contributed by atoms with Gasteiger partial charge in [-0.05, 0) is 81.2 Å². The topological polar surface area (TPSA) is 40.5 Å². The standard InChI is InChI=1S/C36H18F12O2/c37-33(38,39)21-9-19(10-22(15-21)34(40,41)42)27-13-17-5-1-3-7-25(17)29(31(27)49)30-26-8-4-2-6-18(26)14-28(32(30)50)20-11-23(35(43,44)45)16-24(12-20)36(46,47)48/h1-16,49-50H. The van der Waals surface area contributed by atoms with E-state index in [4.69, 9.17) is 0 Å². The van der Waals surface area contributed by atoms with Crippen LogP contribution in [0, 0.1) is 0 Å². The molecule has 2 N–H and O–H groups in total. The molecule has 6 aromatic rings. The van der Waals surface area contributed by atoms with Crippen LogP contribution in [-0.4, -0.2) is 10.2 Å². The van der Waals surface area contributed by atoms with Crippen LogP contribution in [0.2, 0.25) is 0 Å². The molecule has 0 heterocycles. The fraction of sp³-hybridized carbons (Fsp3) is 0.111. The third-order valence-corrected chi connectivity index (χ3v) is 8.09. The molecule has 0 aromatic heterocycles. The second-order valence-corrected chi connectivity index (χ2v) is 11.3. The van der Waals surface area contributed by atoms with Crippen LogP contribution in [0.3, 0.4) is 0 Å². The summed E-state index contributed by atoms with van der Waals surface area (Å²) in [7, 11) is 0. The average Bonchev–Trinajstić information content (AvgIpc) is 3.03. The molecule has 0 saturated heterocycles. The molecule has 0 aliphatic rings. The maximum atomic E-state index is 13.8. The zero-order valence-corrected chi connectivity index (χ0v) is 24.7. The summed E-state index contributed by atoms with van der Waals surface area (Å²) in [6.45, 7) is 0. The van der Waals surface area contributed by atoms with E-state index in [0.717, 1.165) is 12.1 Å². The Morgan fingerprint density at radius 2 is 0.640 bits per heavy atom. The number of hydrogen-bond acceptors (Lipinski definition) is 2. The van der Waals surface area contributed by atoms with E-state index in [2.05, 4.69) is 0 Å². The lowest BCUT2D eigenvalue weighted by molar-refractivity contribution is -0.144. The fourth-order valence-electron chi connectivity index (χ4n) is 5.84. The van der Waals surface area contributed by atoms with Crippen molar-refractivity contribution in [2.24, 2.45) is 0 Å². The lowest BCUT2D eigenvalue weighted by atomic mass is 9.85. The first-order chi connectivity index (χ1) is 23.1. The van der Waals surface area contributed by atoms with Crippen LogP contribution in [0.5, 0.6) is 11.5 Å². The Bertz CT molecular complexity index is 2070. The molecule has 6 rings (SSSR count). The highest BCUT2D eigenvalue weighted by molar-refractivity contribution is 6.14. The number of fused-ring (bicyclic) bond motifs is 2. The van der Waals surface area contributed by atoms with Crippen molar-refractivity contribution in [3.05, 3.63) is 119 Å². The summed E-state index contributed by atoms with van der Waals surface area (Å²) in [4.78, 5) is 0. The van der Waals surface area contributed by atoms with Crippen LogP contribution in [0.1, 0.15) is 22.3 Å². The Kier molecular flexibility index (Phi) is 7.99. The predicted octanol–water partition coefficient (Wildman–Crippen LogP) is 12.5. The normalized spacial score (nSPS) is 13.0. The molecular formula is C36H18F12O2. The van der Waals surface area contributed by atoms with Crippen LogP contribution in [0.25, 0.3) is 54.9 Å². The van der Waals surface area contributed by atoms with Gasteiger partial charge in [0.25, 0.3) is 0 Å². The van der Waals surface area contributed by atoms with Crippen molar-refractivity contribution in [2.75, 3.05) is 0 Å². The van der Waals surface area contributed by atoms with Crippen molar-refractivity contribution < 1.29 is 62.9 Å². The molecule has 0 radical (unpaired) electrons. The van der Waals surface area contributed by atoms with E-state index < -0.39 is 80.7 Å². The van der Waals surface area contributed by atoms with Gasteiger partial charge < -0.3 is 10.2 Å². The second kappa shape index (κ2) is 11.6. The minimum absolute atomic E-state index is 0.0920. The van der Waals surface area contributed by atoms with Gasteiger partial charge in [-0.25, -0.2) is 0 Å². The van der Waals surface area contributed by atoms with Gasteiger partial charge in [-0.15, -0.1) is 0 Å². The number of halogens is 12. The van der Waals surface area contributed by atoms with Crippen molar-refractivity contribution in [3.63, 3.8) is 0 Å². The SMILES string of the molecule is Oc1c(-c2cc(C(F)(F)F)cc(C(F)(F)F)c2)cc2ccccc2c1-c1c(O)c(-c2cc(C(F)(F)F)cc(C(F)(F)F)c2)cc2ccccc12. The molecule has 0 bridgehead atoms. The van der Waals surface area contributed by atoms with Crippen molar-refractivity contribution in [2.45, 2.75) is 24.7 Å². The number of alkyl halides is 12. The zero-order valence-electron chi connectivity index (χ0n) is 24.7. The van der Waals surface area contributed by atoms with Gasteiger partial charge in [-0.3, -0.25) is 0 Å². The first kappa shape index (κ1) is 34.5.